The second-order valence-corrected chi connectivity index (χ2v) is 7.77. The van der Waals surface area contributed by atoms with Crippen LogP contribution in [0.4, 0.5) is 0 Å². The van der Waals surface area contributed by atoms with Gasteiger partial charge in [0.15, 0.2) is 0 Å². The lowest BCUT2D eigenvalue weighted by Crippen LogP contribution is -2.51. The molecule has 1 amide bonds. The molecule has 4 rings (SSSR count). The van der Waals surface area contributed by atoms with Crippen molar-refractivity contribution in [3.05, 3.63) is 101 Å². The third-order valence-electron chi connectivity index (χ3n) is 5.39. The summed E-state index contributed by atoms with van der Waals surface area (Å²) in [6.45, 7) is 0. The summed E-state index contributed by atoms with van der Waals surface area (Å²) in [6, 6.07) is 17.0. The summed E-state index contributed by atoms with van der Waals surface area (Å²) in [5, 5.41) is 15.8. The molecular formula is C26H27N3O2. The Labute approximate surface area is 182 Å². The number of hydrogen-bond donors (Lipinski definition) is 3. The normalized spacial score (nSPS) is 17.8. The van der Waals surface area contributed by atoms with Gasteiger partial charge in [0.25, 0.3) is 0 Å². The summed E-state index contributed by atoms with van der Waals surface area (Å²) in [5.41, 5.74) is 5.03. The van der Waals surface area contributed by atoms with E-state index in [4.69, 9.17) is 4.99 Å². The van der Waals surface area contributed by atoms with Gasteiger partial charge in [0.05, 0.1) is 17.8 Å². The molecule has 2 aromatic carbocycles. The van der Waals surface area contributed by atoms with Crippen LogP contribution in [-0.4, -0.2) is 22.9 Å². The number of aromatic hydroxyl groups is 1. The van der Waals surface area contributed by atoms with E-state index in [1.807, 2.05) is 24.4 Å². The number of aliphatic imine (C=N–C) groups is 1. The van der Waals surface area contributed by atoms with E-state index >= 15 is 0 Å². The number of amides is 1. The molecule has 5 nitrogen and oxygen atoms in total. The highest BCUT2D eigenvalue weighted by molar-refractivity contribution is 5.95. The van der Waals surface area contributed by atoms with Gasteiger partial charge >= 0.3 is 0 Å². The third kappa shape index (κ3) is 5.72. The molecule has 31 heavy (non-hydrogen) atoms. The molecule has 0 fully saturated rings. The number of benzene rings is 2. The fourth-order valence-corrected chi connectivity index (χ4v) is 3.71. The molecule has 158 valence electrons. The van der Waals surface area contributed by atoms with Crippen LogP contribution in [0.5, 0.6) is 5.75 Å². The predicted octanol–water partition coefficient (Wildman–Crippen LogP) is 4.17. The highest BCUT2D eigenvalue weighted by Gasteiger charge is 2.22. The van der Waals surface area contributed by atoms with Crippen LogP contribution in [-0.2, 0) is 17.6 Å². The first-order chi connectivity index (χ1) is 15.2. The second-order valence-electron chi connectivity index (χ2n) is 7.77. The molecule has 0 radical (unpaired) electrons. The van der Waals surface area contributed by atoms with Gasteiger partial charge in [-0.3, -0.25) is 9.79 Å². The SMILES string of the molecule is O=C(Cc1ccc(O)cc1)NC1NC=C(C2=CCCC=C2)N=C1CCc1ccccc1. The highest BCUT2D eigenvalue weighted by Crippen LogP contribution is 2.22. The van der Waals surface area contributed by atoms with Crippen LogP contribution in [0.3, 0.4) is 0 Å². The van der Waals surface area contributed by atoms with Crippen molar-refractivity contribution < 1.29 is 9.90 Å². The Bertz CT molecular complexity index is 1030. The molecule has 1 atom stereocenters. The van der Waals surface area contributed by atoms with E-state index in [2.05, 4.69) is 41.0 Å². The van der Waals surface area contributed by atoms with Crippen molar-refractivity contribution in [1.29, 1.82) is 0 Å². The lowest BCUT2D eigenvalue weighted by atomic mass is 10.0. The number of allylic oxidation sites excluding steroid dienone is 3. The van der Waals surface area contributed by atoms with Gasteiger partial charge in [0.2, 0.25) is 5.91 Å². The largest absolute Gasteiger partial charge is 0.508 e. The van der Waals surface area contributed by atoms with Crippen LogP contribution in [0, 0.1) is 0 Å². The first-order valence-corrected chi connectivity index (χ1v) is 10.7. The minimum atomic E-state index is -0.342. The summed E-state index contributed by atoms with van der Waals surface area (Å²) in [5.74, 6) is 0.0985. The van der Waals surface area contributed by atoms with Gasteiger partial charge in [-0.15, -0.1) is 0 Å². The van der Waals surface area contributed by atoms with Crippen LogP contribution in [0.25, 0.3) is 0 Å². The molecule has 0 saturated carbocycles. The van der Waals surface area contributed by atoms with Gasteiger partial charge in [-0.2, -0.15) is 0 Å². The van der Waals surface area contributed by atoms with E-state index in [0.717, 1.165) is 48.2 Å². The molecule has 2 aliphatic rings. The van der Waals surface area contributed by atoms with Crippen LogP contribution >= 0.6 is 0 Å². The molecule has 3 N–H and O–H groups in total. The molecule has 1 aliphatic carbocycles. The lowest BCUT2D eigenvalue weighted by Gasteiger charge is -2.26. The van der Waals surface area contributed by atoms with E-state index in [1.54, 1.807) is 24.3 Å². The van der Waals surface area contributed by atoms with Crippen molar-refractivity contribution in [2.75, 3.05) is 0 Å². The monoisotopic (exact) mass is 413 g/mol. The van der Waals surface area contributed by atoms with Gasteiger partial charge in [0, 0.05) is 6.20 Å². The molecule has 0 saturated heterocycles. The fourth-order valence-electron chi connectivity index (χ4n) is 3.71. The maximum Gasteiger partial charge on any atom is 0.226 e. The Hall–Kier alpha value is -3.60. The number of nitrogens with zero attached hydrogens (tertiary/aromatic N) is 1. The Morgan fingerprint density at radius 1 is 1.03 bits per heavy atom. The highest BCUT2D eigenvalue weighted by atomic mass is 16.3. The number of hydrogen-bond acceptors (Lipinski definition) is 4. The maximum absolute atomic E-state index is 12.7. The van der Waals surface area contributed by atoms with E-state index in [9.17, 15) is 9.90 Å². The Balaban J connectivity index is 1.47. The molecule has 1 heterocycles. The predicted molar refractivity (Wildman–Crippen MR) is 124 cm³/mol. The van der Waals surface area contributed by atoms with Crippen LogP contribution in [0.2, 0.25) is 0 Å². The summed E-state index contributed by atoms with van der Waals surface area (Å²) < 4.78 is 0. The average molecular weight is 414 g/mol. The van der Waals surface area contributed by atoms with Crippen molar-refractivity contribution in [1.82, 2.24) is 10.6 Å². The first-order valence-electron chi connectivity index (χ1n) is 10.7. The number of phenols is 1. The number of carbonyl (C=O) groups excluding carboxylic acids is 1. The zero-order valence-electron chi connectivity index (χ0n) is 17.4. The smallest absolute Gasteiger partial charge is 0.226 e. The zero-order chi connectivity index (χ0) is 21.5. The second kappa shape index (κ2) is 9.94. The Morgan fingerprint density at radius 3 is 2.58 bits per heavy atom. The van der Waals surface area contributed by atoms with Gasteiger partial charge in [0.1, 0.15) is 11.9 Å². The van der Waals surface area contributed by atoms with Gasteiger partial charge < -0.3 is 15.7 Å². The molecule has 1 aliphatic heterocycles. The van der Waals surface area contributed by atoms with Crippen molar-refractivity contribution in [2.45, 2.75) is 38.3 Å². The van der Waals surface area contributed by atoms with Crippen molar-refractivity contribution in [3.8, 4) is 5.75 Å². The standard InChI is InChI=1S/C26H27N3O2/c30-22-14-11-20(12-15-22)17-25(31)29-26-23(16-13-19-7-3-1-4-8-19)28-24(18-27-26)21-9-5-2-6-10-21/h1,3-5,7-12,14-15,18,26-27,30H,2,6,13,16-17H2,(H,29,31). The van der Waals surface area contributed by atoms with Crippen LogP contribution < -0.4 is 10.6 Å². The molecule has 5 heteroatoms. The molecule has 0 aromatic heterocycles. The Kier molecular flexibility index (Phi) is 6.62. The Morgan fingerprint density at radius 2 is 1.84 bits per heavy atom. The summed E-state index contributed by atoms with van der Waals surface area (Å²) in [7, 11) is 0. The fraction of sp³-hybridized carbons (Fsp3) is 0.231. The first kappa shape index (κ1) is 20.7. The maximum atomic E-state index is 12.7. The number of aryl methyl sites for hydroxylation is 1. The van der Waals surface area contributed by atoms with E-state index in [0.29, 0.717) is 0 Å². The molecule has 1 unspecified atom stereocenters. The summed E-state index contributed by atoms with van der Waals surface area (Å²) in [4.78, 5) is 17.6. The van der Waals surface area contributed by atoms with Crippen LogP contribution in [0.15, 0.2) is 95.3 Å². The topological polar surface area (TPSA) is 73.7 Å². The van der Waals surface area contributed by atoms with E-state index in [-0.39, 0.29) is 24.2 Å². The van der Waals surface area contributed by atoms with E-state index in [1.165, 1.54) is 5.56 Å². The summed E-state index contributed by atoms with van der Waals surface area (Å²) in [6.07, 6.45) is 12.0. The minimum absolute atomic E-state index is 0.0933. The molecule has 2 aromatic rings. The molecular weight excluding hydrogens is 386 g/mol. The number of carbonyl (C=O) groups is 1. The van der Waals surface area contributed by atoms with Crippen LogP contribution in [0.1, 0.15) is 30.4 Å². The van der Waals surface area contributed by atoms with Gasteiger partial charge in [-0.1, -0.05) is 60.7 Å². The van der Waals surface area contributed by atoms with Gasteiger partial charge in [-0.25, -0.2) is 0 Å². The minimum Gasteiger partial charge on any atom is -0.508 e. The van der Waals surface area contributed by atoms with E-state index < -0.39 is 0 Å². The number of phenolic OH excluding ortho intramolecular Hbond substituents is 1. The molecule has 0 spiro atoms. The van der Waals surface area contributed by atoms with Gasteiger partial charge in [-0.05, 0) is 54.5 Å². The summed E-state index contributed by atoms with van der Waals surface area (Å²) >= 11 is 0. The van der Waals surface area contributed by atoms with Crippen molar-refractivity contribution in [3.63, 3.8) is 0 Å². The van der Waals surface area contributed by atoms with Crippen molar-refractivity contribution >= 4 is 11.6 Å². The third-order valence-corrected chi connectivity index (χ3v) is 5.39. The number of nitrogens with one attached hydrogen (secondary N) is 2. The number of rotatable bonds is 7. The lowest BCUT2D eigenvalue weighted by molar-refractivity contribution is -0.120. The molecule has 0 bridgehead atoms. The quantitative estimate of drug-likeness (QED) is 0.638. The van der Waals surface area contributed by atoms with Crippen molar-refractivity contribution in [2.24, 2.45) is 4.99 Å². The average Bonchev–Trinajstić information content (AvgIpc) is 2.81. The zero-order valence-corrected chi connectivity index (χ0v) is 17.4.